The van der Waals surface area contributed by atoms with Gasteiger partial charge in [-0.25, -0.2) is 8.78 Å². The molecule has 4 heteroatoms. The van der Waals surface area contributed by atoms with Gasteiger partial charge < -0.3 is 5.73 Å². The van der Waals surface area contributed by atoms with E-state index >= 15 is 0 Å². The number of halogens is 3. The van der Waals surface area contributed by atoms with E-state index in [2.05, 4.69) is 0 Å². The Bertz CT molecular complexity index is 564. The fraction of sp³-hybridized carbons (Fsp3) is 0.143. The highest BCUT2D eigenvalue weighted by Gasteiger charge is 2.20. The summed E-state index contributed by atoms with van der Waals surface area (Å²) in [7, 11) is 0. The van der Waals surface area contributed by atoms with Crippen LogP contribution in [0.4, 0.5) is 8.78 Å². The average Bonchev–Trinajstić information content (AvgIpc) is 2.32. The zero-order valence-electron chi connectivity index (χ0n) is 9.75. The smallest absolute Gasteiger partial charge is 0.131 e. The van der Waals surface area contributed by atoms with Crippen molar-refractivity contribution in [1.82, 2.24) is 0 Å². The summed E-state index contributed by atoms with van der Waals surface area (Å²) in [4.78, 5) is 0. The minimum atomic E-state index is -0.918. The molecule has 0 aliphatic heterocycles. The van der Waals surface area contributed by atoms with Crippen molar-refractivity contribution in [3.8, 4) is 0 Å². The summed E-state index contributed by atoms with van der Waals surface area (Å²) < 4.78 is 27.3. The van der Waals surface area contributed by atoms with Crippen molar-refractivity contribution in [2.24, 2.45) is 5.73 Å². The molecule has 0 radical (unpaired) electrons. The maximum absolute atomic E-state index is 13.7. The monoisotopic (exact) mass is 267 g/mol. The zero-order valence-corrected chi connectivity index (χ0v) is 10.5. The molecule has 0 aromatic heterocycles. The molecule has 0 aliphatic carbocycles. The highest BCUT2D eigenvalue weighted by Crippen LogP contribution is 2.31. The highest BCUT2D eigenvalue weighted by atomic mass is 35.5. The molecule has 1 atom stereocenters. The molecule has 2 rings (SSSR count). The molecule has 1 unspecified atom stereocenters. The van der Waals surface area contributed by atoms with Crippen molar-refractivity contribution in [3.63, 3.8) is 0 Å². The zero-order chi connectivity index (χ0) is 13.3. The van der Waals surface area contributed by atoms with E-state index in [-0.39, 0.29) is 5.56 Å². The third-order valence-corrected chi connectivity index (χ3v) is 3.38. The Morgan fingerprint density at radius 2 is 1.61 bits per heavy atom. The molecule has 1 nitrogen and oxygen atoms in total. The minimum Gasteiger partial charge on any atom is -0.320 e. The first kappa shape index (κ1) is 13.0. The van der Waals surface area contributed by atoms with Crippen LogP contribution in [0.25, 0.3) is 0 Å². The second-order valence-electron chi connectivity index (χ2n) is 4.09. The molecule has 0 saturated carbocycles. The van der Waals surface area contributed by atoms with Gasteiger partial charge in [-0.15, -0.1) is 0 Å². The van der Waals surface area contributed by atoms with Crippen molar-refractivity contribution in [2.45, 2.75) is 13.0 Å². The SMILES string of the molecule is Cc1cccc(C(N)c2c(F)cccc2F)c1Cl. The summed E-state index contributed by atoms with van der Waals surface area (Å²) in [5, 5.41) is 0.438. The predicted molar refractivity (Wildman–Crippen MR) is 68.6 cm³/mol. The molecule has 18 heavy (non-hydrogen) atoms. The minimum absolute atomic E-state index is 0.162. The van der Waals surface area contributed by atoms with Crippen LogP contribution in [0.5, 0.6) is 0 Å². The molecule has 2 aromatic carbocycles. The van der Waals surface area contributed by atoms with Crippen molar-refractivity contribution in [3.05, 3.63) is 69.7 Å². The van der Waals surface area contributed by atoms with Crippen LogP contribution in [-0.4, -0.2) is 0 Å². The van der Waals surface area contributed by atoms with Gasteiger partial charge in [0.05, 0.1) is 6.04 Å². The number of benzene rings is 2. The Morgan fingerprint density at radius 3 is 2.22 bits per heavy atom. The van der Waals surface area contributed by atoms with Gasteiger partial charge in [0.25, 0.3) is 0 Å². The van der Waals surface area contributed by atoms with E-state index in [1.165, 1.54) is 18.2 Å². The summed E-state index contributed by atoms with van der Waals surface area (Å²) in [5.74, 6) is -1.33. The predicted octanol–water partition coefficient (Wildman–Crippen LogP) is 3.97. The molecule has 0 aliphatic rings. The second-order valence-corrected chi connectivity index (χ2v) is 4.47. The van der Waals surface area contributed by atoms with E-state index in [9.17, 15) is 8.78 Å². The van der Waals surface area contributed by atoms with E-state index in [1.54, 1.807) is 12.1 Å². The molecule has 2 N–H and O–H groups in total. The fourth-order valence-electron chi connectivity index (χ4n) is 1.87. The number of hydrogen-bond acceptors (Lipinski definition) is 1. The summed E-state index contributed by atoms with van der Waals surface area (Å²) in [5.41, 5.74) is 7.10. The fourth-order valence-corrected chi connectivity index (χ4v) is 2.12. The van der Waals surface area contributed by atoms with Crippen molar-refractivity contribution >= 4 is 11.6 Å². The molecule has 0 heterocycles. The average molecular weight is 268 g/mol. The molecular formula is C14H12ClF2N. The van der Waals surface area contributed by atoms with E-state index in [4.69, 9.17) is 17.3 Å². The molecule has 0 saturated heterocycles. The van der Waals surface area contributed by atoms with Crippen LogP contribution in [0, 0.1) is 18.6 Å². The summed E-state index contributed by atoms with van der Waals surface area (Å²) in [6, 6.07) is 8.00. The Kier molecular flexibility index (Phi) is 3.64. The van der Waals surface area contributed by atoms with Crippen LogP contribution in [0.2, 0.25) is 5.02 Å². The van der Waals surface area contributed by atoms with Crippen LogP contribution < -0.4 is 5.73 Å². The lowest BCUT2D eigenvalue weighted by atomic mass is 9.97. The quantitative estimate of drug-likeness (QED) is 0.875. The van der Waals surface area contributed by atoms with Gasteiger partial charge in [-0.2, -0.15) is 0 Å². The number of aryl methyl sites for hydroxylation is 1. The van der Waals surface area contributed by atoms with Crippen LogP contribution in [0.15, 0.2) is 36.4 Å². The van der Waals surface area contributed by atoms with Gasteiger partial charge in [0.15, 0.2) is 0 Å². The normalized spacial score (nSPS) is 12.5. The van der Waals surface area contributed by atoms with Crippen LogP contribution >= 0.6 is 11.6 Å². The first-order chi connectivity index (χ1) is 8.52. The lowest BCUT2D eigenvalue weighted by molar-refractivity contribution is 0.543. The van der Waals surface area contributed by atoms with E-state index in [1.807, 2.05) is 13.0 Å². The first-order valence-electron chi connectivity index (χ1n) is 5.47. The lowest BCUT2D eigenvalue weighted by Crippen LogP contribution is -2.16. The largest absolute Gasteiger partial charge is 0.320 e. The Morgan fingerprint density at radius 1 is 1.06 bits per heavy atom. The Labute approximate surface area is 109 Å². The van der Waals surface area contributed by atoms with Crippen molar-refractivity contribution < 1.29 is 8.78 Å². The van der Waals surface area contributed by atoms with Gasteiger partial charge in [0.1, 0.15) is 11.6 Å². The maximum atomic E-state index is 13.7. The number of rotatable bonds is 2. The van der Waals surface area contributed by atoms with Crippen LogP contribution in [0.3, 0.4) is 0 Å². The van der Waals surface area contributed by atoms with Gasteiger partial charge >= 0.3 is 0 Å². The van der Waals surface area contributed by atoms with Crippen LogP contribution in [-0.2, 0) is 0 Å². The molecule has 2 aromatic rings. The van der Waals surface area contributed by atoms with Gasteiger partial charge in [-0.05, 0) is 30.2 Å². The van der Waals surface area contributed by atoms with Gasteiger partial charge in [-0.3, -0.25) is 0 Å². The third-order valence-electron chi connectivity index (χ3n) is 2.87. The van der Waals surface area contributed by atoms with Gasteiger partial charge in [-0.1, -0.05) is 35.9 Å². The molecule has 0 amide bonds. The topological polar surface area (TPSA) is 26.0 Å². The highest BCUT2D eigenvalue weighted by molar-refractivity contribution is 6.32. The number of nitrogens with two attached hydrogens (primary N) is 1. The Balaban J connectivity index is 2.55. The summed E-state index contributed by atoms with van der Waals surface area (Å²) >= 11 is 6.12. The first-order valence-corrected chi connectivity index (χ1v) is 5.84. The van der Waals surface area contributed by atoms with Crippen LogP contribution in [0.1, 0.15) is 22.7 Å². The molecule has 0 bridgehead atoms. The molecule has 0 spiro atoms. The second kappa shape index (κ2) is 5.04. The van der Waals surface area contributed by atoms with E-state index in [0.29, 0.717) is 10.6 Å². The summed E-state index contributed by atoms with van der Waals surface area (Å²) in [6.45, 7) is 1.82. The summed E-state index contributed by atoms with van der Waals surface area (Å²) in [6.07, 6.45) is 0. The third kappa shape index (κ3) is 2.24. The molecular weight excluding hydrogens is 256 g/mol. The van der Waals surface area contributed by atoms with Crippen molar-refractivity contribution in [2.75, 3.05) is 0 Å². The molecule has 0 fully saturated rings. The van der Waals surface area contributed by atoms with Crippen molar-refractivity contribution in [1.29, 1.82) is 0 Å². The Hall–Kier alpha value is -1.45. The van der Waals surface area contributed by atoms with Gasteiger partial charge in [0, 0.05) is 10.6 Å². The maximum Gasteiger partial charge on any atom is 0.131 e. The van der Waals surface area contributed by atoms with E-state index in [0.717, 1.165) is 5.56 Å². The van der Waals surface area contributed by atoms with E-state index < -0.39 is 17.7 Å². The molecule has 94 valence electrons. The number of hydrogen-bond donors (Lipinski definition) is 1. The standard InChI is InChI=1S/C14H12ClF2N/c1-8-4-2-5-9(13(8)15)14(18)12-10(16)6-3-7-11(12)17/h2-7,14H,18H2,1H3. The lowest BCUT2D eigenvalue weighted by Gasteiger charge is -2.16. The van der Waals surface area contributed by atoms with Gasteiger partial charge in [0.2, 0.25) is 0 Å².